The molecule has 0 radical (unpaired) electrons. The van der Waals surface area contributed by atoms with Gasteiger partial charge in [0.2, 0.25) is 0 Å². The zero-order valence-corrected chi connectivity index (χ0v) is 10.2. The van der Waals surface area contributed by atoms with Gasteiger partial charge in [0.25, 0.3) is 5.89 Å². The molecule has 6 nitrogen and oxygen atoms in total. The second-order valence-electron chi connectivity index (χ2n) is 4.40. The van der Waals surface area contributed by atoms with Crippen molar-refractivity contribution in [2.75, 3.05) is 6.61 Å². The van der Waals surface area contributed by atoms with Gasteiger partial charge in [0.1, 0.15) is 11.8 Å². The number of hydrogen-bond acceptors (Lipinski definition) is 6. The van der Waals surface area contributed by atoms with Crippen LogP contribution >= 0.6 is 0 Å². The first-order chi connectivity index (χ1) is 9.35. The monoisotopic (exact) mass is 256 g/mol. The Bertz CT molecular complexity index is 611. The summed E-state index contributed by atoms with van der Waals surface area (Å²) in [6.07, 6.45) is 4.54. The first-order valence-corrected chi connectivity index (χ1v) is 6.16. The molecule has 0 N–H and O–H groups in total. The second-order valence-corrected chi connectivity index (χ2v) is 4.40. The number of hydrogen-bond donors (Lipinski definition) is 0. The van der Waals surface area contributed by atoms with E-state index in [-0.39, 0.29) is 6.10 Å². The average Bonchev–Trinajstić information content (AvgIpc) is 3.11. The predicted molar refractivity (Wildman–Crippen MR) is 64.9 cm³/mol. The molecule has 0 amide bonds. The number of nitriles is 1. The van der Waals surface area contributed by atoms with Crippen LogP contribution in [0.25, 0.3) is 11.5 Å². The topological polar surface area (TPSA) is 84.8 Å². The van der Waals surface area contributed by atoms with Crippen LogP contribution in [0.5, 0.6) is 0 Å². The molecule has 1 aliphatic heterocycles. The van der Waals surface area contributed by atoms with E-state index in [0.29, 0.717) is 29.4 Å². The highest BCUT2D eigenvalue weighted by atomic mass is 16.5. The molecule has 2 aromatic rings. The predicted octanol–water partition coefficient (Wildman–Crippen LogP) is 1.72. The van der Waals surface area contributed by atoms with Crippen molar-refractivity contribution in [1.82, 2.24) is 15.1 Å². The van der Waals surface area contributed by atoms with Crippen molar-refractivity contribution in [1.29, 1.82) is 5.26 Å². The molecular formula is C13H12N4O2. The molecule has 0 spiro atoms. The summed E-state index contributed by atoms with van der Waals surface area (Å²) in [5.41, 5.74) is 1.04. The van der Waals surface area contributed by atoms with Crippen LogP contribution in [-0.2, 0) is 11.2 Å². The molecule has 3 heterocycles. The third-order valence-electron chi connectivity index (χ3n) is 3.02. The fourth-order valence-corrected chi connectivity index (χ4v) is 2.09. The first-order valence-electron chi connectivity index (χ1n) is 6.16. The fraction of sp³-hybridized carbons (Fsp3) is 0.385. The van der Waals surface area contributed by atoms with E-state index in [1.165, 1.54) is 0 Å². The third kappa shape index (κ3) is 2.61. The molecule has 96 valence electrons. The Labute approximate surface area is 110 Å². The summed E-state index contributed by atoms with van der Waals surface area (Å²) in [7, 11) is 0. The molecule has 1 fully saturated rings. The number of rotatable bonds is 3. The van der Waals surface area contributed by atoms with E-state index in [2.05, 4.69) is 15.1 Å². The van der Waals surface area contributed by atoms with Gasteiger partial charge in [-0.15, -0.1) is 0 Å². The molecule has 6 heteroatoms. The minimum atomic E-state index is 0.192. The van der Waals surface area contributed by atoms with Gasteiger partial charge in [-0.1, -0.05) is 5.16 Å². The van der Waals surface area contributed by atoms with Crippen molar-refractivity contribution in [2.45, 2.75) is 25.4 Å². The van der Waals surface area contributed by atoms with Gasteiger partial charge in [-0.3, -0.25) is 0 Å². The summed E-state index contributed by atoms with van der Waals surface area (Å²) >= 11 is 0. The molecule has 2 aromatic heterocycles. The van der Waals surface area contributed by atoms with E-state index in [4.69, 9.17) is 14.5 Å². The second kappa shape index (κ2) is 5.16. The third-order valence-corrected chi connectivity index (χ3v) is 3.02. The van der Waals surface area contributed by atoms with Crippen LogP contribution in [-0.4, -0.2) is 27.8 Å². The lowest BCUT2D eigenvalue weighted by Crippen LogP contribution is -2.09. The van der Waals surface area contributed by atoms with Crippen molar-refractivity contribution >= 4 is 0 Å². The van der Waals surface area contributed by atoms with E-state index in [1.807, 2.05) is 6.07 Å². The van der Waals surface area contributed by atoms with Crippen molar-refractivity contribution in [2.24, 2.45) is 0 Å². The molecule has 0 bridgehead atoms. The highest BCUT2D eigenvalue weighted by Crippen LogP contribution is 2.20. The summed E-state index contributed by atoms with van der Waals surface area (Å²) in [5.74, 6) is 1.05. The van der Waals surface area contributed by atoms with Crippen LogP contribution in [0, 0.1) is 11.3 Å². The van der Waals surface area contributed by atoms with Crippen molar-refractivity contribution in [3.8, 4) is 17.5 Å². The van der Waals surface area contributed by atoms with Gasteiger partial charge in [0.15, 0.2) is 5.82 Å². The van der Waals surface area contributed by atoms with Crippen molar-refractivity contribution in [3.05, 3.63) is 29.8 Å². The van der Waals surface area contributed by atoms with Gasteiger partial charge < -0.3 is 9.26 Å². The van der Waals surface area contributed by atoms with E-state index in [1.54, 1.807) is 18.3 Å². The molecule has 19 heavy (non-hydrogen) atoms. The molecule has 1 saturated heterocycles. The Morgan fingerprint density at radius 3 is 3.21 bits per heavy atom. The Balaban J connectivity index is 1.78. The summed E-state index contributed by atoms with van der Waals surface area (Å²) in [5, 5.41) is 12.8. The van der Waals surface area contributed by atoms with Gasteiger partial charge in [-0.25, -0.2) is 4.98 Å². The molecule has 1 aliphatic rings. The Kier molecular flexibility index (Phi) is 3.21. The maximum absolute atomic E-state index is 8.81. The summed E-state index contributed by atoms with van der Waals surface area (Å²) in [6, 6.07) is 5.35. The van der Waals surface area contributed by atoms with Crippen LogP contribution in [0.2, 0.25) is 0 Å². The normalized spacial score (nSPS) is 18.4. The zero-order valence-electron chi connectivity index (χ0n) is 10.2. The van der Waals surface area contributed by atoms with Crippen LogP contribution in [0.4, 0.5) is 0 Å². The zero-order chi connectivity index (χ0) is 13.1. The SMILES string of the molecule is N#Cc1cc(-c2nc(CC3CCCO3)no2)ccn1. The van der Waals surface area contributed by atoms with Crippen molar-refractivity contribution < 1.29 is 9.26 Å². The molecule has 0 aromatic carbocycles. The quantitative estimate of drug-likeness (QED) is 0.831. The number of pyridine rings is 1. The molecule has 1 unspecified atom stereocenters. The van der Waals surface area contributed by atoms with Gasteiger partial charge in [-0.05, 0) is 25.0 Å². The highest BCUT2D eigenvalue weighted by Gasteiger charge is 2.19. The summed E-state index contributed by atoms with van der Waals surface area (Å²) in [6.45, 7) is 0.811. The molecule has 1 atom stereocenters. The van der Waals surface area contributed by atoms with Crippen LogP contribution in [0.3, 0.4) is 0 Å². The van der Waals surface area contributed by atoms with Crippen molar-refractivity contribution in [3.63, 3.8) is 0 Å². The summed E-state index contributed by atoms with van der Waals surface area (Å²) in [4.78, 5) is 8.23. The van der Waals surface area contributed by atoms with E-state index >= 15 is 0 Å². The molecule has 3 rings (SSSR count). The number of ether oxygens (including phenoxy) is 1. The first kappa shape index (κ1) is 11.8. The van der Waals surface area contributed by atoms with Gasteiger partial charge >= 0.3 is 0 Å². The largest absolute Gasteiger partial charge is 0.378 e. The van der Waals surface area contributed by atoms with Crippen LogP contribution < -0.4 is 0 Å². The van der Waals surface area contributed by atoms with Gasteiger partial charge in [0, 0.05) is 24.8 Å². The van der Waals surface area contributed by atoms with Gasteiger partial charge in [-0.2, -0.15) is 10.2 Å². The Hall–Kier alpha value is -2.26. The standard InChI is InChI=1S/C13H12N4O2/c14-8-10-6-9(3-4-15-10)13-16-12(17-19-13)7-11-2-1-5-18-11/h3-4,6,11H,1-2,5,7H2. The highest BCUT2D eigenvalue weighted by molar-refractivity contribution is 5.53. The lowest BCUT2D eigenvalue weighted by atomic mass is 10.2. The van der Waals surface area contributed by atoms with Crippen LogP contribution in [0.15, 0.2) is 22.9 Å². The maximum atomic E-state index is 8.81. The van der Waals surface area contributed by atoms with Gasteiger partial charge in [0.05, 0.1) is 6.10 Å². The Morgan fingerprint density at radius 2 is 2.42 bits per heavy atom. The smallest absolute Gasteiger partial charge is 0.258 e. The number of aromatic nitrogens is 3. The van der Waals surface area contributed by atoms with E-state index in [9.17, 15) is 0 Å². The molecule has 0 saturated carbocycles. The van der Waals surface area contributed by atoms with E-state index in [0.717, 1.165) is 19.4 Å². The minimum absolute atomic E-state index is 0.192. The fourth-order valence-electron chi connectivity index (χ4n) is 2.09. The lowest BCUT2D eigenvalue weighted by Gasteiger charge is -2.03. The number of nitrogens with zero attached hydrogens (tertiary/aromatic N) is 4. The molecule has 0 aliphatic carbocycles. The maximum Gasteiger partial charge on any atom is 0.258 e. The van der Waals surface area contributed by atoms with E-state index < -0.39 is 0 Å². The lowest BCUT2D eigenvalue weighted by molar-refractivity contribution is 0.109. The van der Waals surface area contributed by atoms with Crippen LogP contribution in [0.1, 0.15) is 24.4 Å². The summed E-state index contributed by atoms with van der Waals surface area (Å²) < 4.78 is 10.7. The molecular weight excluding hydrogens is 244 g/mol. The average molecular weight is 256 g/mol. The minimum Gasteiger partial charge on any atom is -0.378 e. The Morgan fingerprint density at radius 1 is 1.47 bits per heavy atom.